The van der Waals surface area contributed by atoms with Crippen molar-refractivity contribution < 1.29 is 4.74 Å². The number of nitrogens with zero attached hydrogens (tertiary/aromatic N) is 2. The van der Waals surface area contributed by atoms with Gasteiger partial charge in [-0.25, -0.2) is 9.97 Å². The van der Waals surface area contributed by atoms with Gasteiger partial charge in [-0.15, -0.1) is 0 Å². The molecule has 1 fully saturated rings. The van der Waals surface area contributed by atoms with Crippen LogP contribution in [0, 0.1) is 0 Å². The lowest BCUT2D eigenvalue weighted by molar-refractivity contribution is 0.410. The molecule has 0 spiro atoms. The monoisotopic (exact) mass is 208 g/mol. The molecule has 0 aromatic carbocycles. The quantitative estimate of drug-likeness (QED) is 0.763. The van der Waals surface area contributed by atoms with E-state index in [0.717, 1.165) is 19.5 Å². The van der Waals surface area contributed by atoms with Gasteiger partial charge in [-0.3, -0.25) is 0 Å². The Morgan fingerprint density at radius 3 is 2.73 bits per heavy atom. The van der Waals surface area contributed by atoms with Gasteiger partial charge >= 0.3 is 0 Å². The van der Waals surface area contributed by atoms with E-state index in [9.17, 15) is 0 Å². The molecule has 2 heterocycles. The molecule has 1 aromatic rings. The molecule has 0 aliphatic carbocycles. The van der Waals surface area contributed by atoms with Gasteiger partial charge in [-0.05, 0) is 19.9 Å². The molecule has 1 aliphatic rings. The lowest BCUT2D eigenvalue weighted by Crippen LogP contribution is -2.37. The topological polar surface area (TPSA) is 59.1 Å². The van der Waals surface area contributed by atoms with Crippen LogP contribution < -0.4 is 15.4 Å². The predicted molar refractivity (Wildman–Crippen MR) is 58.1 cm³/mol. The minimum atomic E-state index is 0.0641. The summed E-state index contributed by atoms with van der Waals surface area (Å²) in [5.74, 6) is 1.33. The summed E-state index contributed by atoms with van der Waals surface area (Å²) in [6.07, 6.45) is 4.42. The number of aromatic nitrogens is 2. The molecular weight excluding hydrogens is 192 g/mol. The highest BCUT2D eigenvalue weighted by atomic mass is 16.5. The smallest absolute Gasteiger partial charge is 0.223 e. The molecule has 82 valence electrons. The fourth-order valence-corrected chi connectivity index (χ4v) is 1.68. The van der Waals surface area contributed by atoms with Crippen molar-refractivity contribution in [1.29, 1.82) is 0 Å². The minimum Gasteiger partial charge on any atom is -0.494 e. The lowest BCUT2D eigenvalue weighted by Gasteiger charge is -2.24. The second-order valence-electron chi connectivity index (χ2n) is 4.06. The Balaban J connectivity index is 2.04. The number of methoxy groups -OCH3 is 1. The highest BCUT2D eigenvalue weighted by Crippen LogP contribution is 2.18. The van der Waals surface area contributed by atoms with Gasteiger partial charge in [0.1, 0.15) is 0 Å². The summed E-state index contributed by atoms with van der Waals surface area (Å²) >= 11 is 0. The first kappa shape index (κ1) is 10.2. The van der Waals surface area contributed by atoms with Gasteiger partial charge < -0.3 is 15.4 Å². The molecule has 2 rings (SSSR count). The number of rotatable bonds is 3. The first-order valence-corrected chi connectivity index (χ1v) is 5.07. The summed E-state index contributed by atoms with van der Waals surface area (Å²) in [4.78, 5) is 8.37. The molecule has 1 atom stereocenters. The Hall–Kier alpha value is -1.36. The second kappa shape index (κ2) is 4.02. The van der Waals surface area contributed by atoms with Gasteiger partial charge in [0.25, 0.3) is 0 Å². The van der Waals surface area contributed by atoms with E-state index in [-0.39, 0.29) is 5.54 Å². The van der Waals surface area contributed by atoms with Gasteiger partial charge in [0, 0.05) is 6.54 Å². The Morgan fingerprint density at radius 1 is 1.47 bits per heavy atom. The summed E-state index contributed by atoms with van der Waals surface area (Å²) in [6.45, 7) is 4.16. The third kappa shape index (κ3) is 2.36. The average Bonchev–Trinajstić information content (AvgIpc) is 2.66. The predicted octanol–water partition coefficient (Wildman–Crippen LogP) is 0.649. The van der Waals surface area contributed by atoms with Crippen LogP contribution in [-0.4, -0.2) is 35.7 Å². The summed E-state index contributed by atoms with van der Waals surface area (Å²) < 4.78 is 5.00. The van der Waals surface area contributed by atoms with Gasteiger partial charge in [0.15, 0.2) is 5.75 Å². The average molecular weight is 208 g/mol. The first-order chi connectivity index (χ1) is 7.22. The van der Waals surface area contributed by atoms with Gasteiger partial charge in [0.05, 0.1) is 25.0 Å². The van der Waals surface area contributed by atoms with Crippen LogP contribution in [0.4, 0.5) is 5.95 Å². The summed E-state index contributed by atoms with van der Waals surface area (Å²) in [5.41, 5.74) is 0.0641. The van der Waals surface area contributed by atoms with Crippen molar-refractivity contribution in [3.8, 4) is 5.75 Å². The maximum atomic E-state index is 5.00. The lowest BCUT2D eigenvalue weighted by atomic mass is 10.0. The fourth-order valence-electron chi connectivity index (χ4n) is 1.68. The van der Waals surface area contributed by atoms with Gasteiger partial charge in [-0.2, -0.15) is 0 Å². The van der Waals surface area contributed by atoms with E-state index in [1.54, 1.807) is 19.5 Å². The standard InChI is InChI=1S/C10H16N4O/c1-10(3-4-11-7-10)14-9-12-5-8(15-2)6-13-9/h5-6,11H,3-4,7H2,1-2H3,(H,12,13,14). The van der Waals surface area contributed by atoms with Crippen LogP contribution in [0.5, 0.6) is 5.75 Å². The first-order valence-electron chi connectivity index (χ1n) is 5.07. The van der Waals surface area contributed by atoms with Crippen molar-refractivity contribution in [1.82, 2.24) is 15.3 Å². The maximum Gasteiger partial charge on any atom is 0.223 e. The van der Waals surface area contributed by atoms with Crippen LogP contribution in [0.3, 0.4) is 0 Å². The number of hydrogen-bond donors (Lipinski definition) is 2. The molecule has 15 heavy (non-hydrogen) atoms. The Labute approximate surface area is 89.3 Å². The third-order valence-corrected chi connectivity index (χ3v) is 2.65. The second-order valence-corrected chi connectivity index (χ2v) is 4.06. The maximum absolute atomic E-state index is 5.00. The molecule has 1 saturated heterocycles. The van der Waals surface area contributed by atoms with E-state index >= 15 is 0 Å². The van der Waals surface area contributed by atoms with Crippen molar-refractivity contribution >= 4 is 5.95 Å². The molecule has 2 N–H and O–H groups in total. The van der Waals surface area contributed by atoms with Crippen LogP contribution in [0.15, 0.2) is 12.4 Å². The highest BCUT2D eigenvalue weighted by molar-refractivity contribution is 5.31. The molecule has 1 aliphatic heterocycles. The van der Waals surface area contributed by atoms with E-state index in [1.807, 2.05) is 0 Å². The van der Waals surface area contributed by atoms with Gasteiger partial charge in [0.2, 0.25) is 5.95 Å². The van der Waals surface area contributed by atoms with E-state index in [2.05, 4.69) is 27.5 Å². The summed E-state index contributed by atoms with van der Waals surface area (Å²) in [6, 6.07) is 0. The zero-order valence-corrected chi connectivity index (χ0v) is 9.08. The summed E-state index contributed by atoms with van der Waals surface area (Å²) in [7, 11) is 1.61. The zero-order valence-electron chi connectivity index (χ0n) is 9.08. The van der Waals surface area contributed by atoms with Crippen molar-refractivity contribution in [2.24, 2.45) is 0 Å². The number of anilines is 1. The SMILES string of the molecule is COc1cnc(NC2(C)CCNC2)nc1. The number of ether oxygens (including phenoxy) is 1. The van der Waals surface area contributed by atoms with Crippen LogP contribution in [0.2, 0.25) is 0 Å². The van der Waals surface area contributed by atoms with Crippen LogP contribution in [0.1, 0.15) is 13.3 Å². The van der Waals surface area contributed by atoms with Crippen molar-refractivity contribution in [2.45, 2.75) is 18.9 Å². The molecule has 0 radical (unpaired) electrons. The van der Waals surface area contributed by atoms with E-state index in [4.69, 9.17) is 4.74 Å². The molecule has 0 saturated carbocycles. The molecule has 5 heteroatoms. The Morgan fingerprint density at radius 2 is 2.20 bits per heavy atom. The Kier molecular flexibility index (Phi) is 2.73. The number of nitrogens with one attached hydrogen (secondary N) is 2. The van der Waals surface area contributed by atoms with Gasteiger partial charge in [-0.1, -0.05) is 0 Å². The molecule has 1 unspecified atom stereocenters. The molecule has 5 nitrogen and oxygen atoms in total. The van der Waals surface area contributed by atoms with Crippen molar-refractivity contribution in [2.75, 3.05) is 25.5 Å². The molecule has 0 bridgehead atoms. The van der Waals surface area contributed by atoms with Crippen LogP contribution in [-0.2, 0) is 0 Å². The fraction of sp³-hybridized carbons (Fsp3) is 0.600. The largest absolute Gasteiger partial charge is 0.494 e. The molecule has 1 aromatic heterocycles. The van der Waals surface area contributed by atoms with E-state index in [1.165, 1.54) is 0 Å². The van der Waals surface area contributed by atoms with Crippen molar-refractivity contribution in [3.63, 3.8) is 0 Å². The van der Waals surface area contributed by atoms with Crippen LogP contribution >= 0.6 is 0 Å². The highest BCUT2D eigenvalue weighted by Gasteiger charge is 2.28. The third-order valence-electron chi connectivity index (χ3n) is 2.65. The zero-order chi connectivity index (χ0) is 10.7. The van der Waals surface area contributed by atoms with E-state index < -0.39 is 0 Å². The minimum absolute atomic E-state index is 0.0641. The van der Waals surface area contributed by atoms with E-state index in [0.29, 0.717) is 11.7 Å². The molecule has 0 amide bonds. The normalized spacial score (nSPS) is 25.2. The van der Waals surface area contributed by atoms with Crippen molar-refractivity contribution in [3.05, 3.63) is 12.4 Å². The van der Waals surface area contributed by atoms with Crippen LogP contribution in [0.25, 0.3) is 0 Å². The summed E-state index contributed by atoms with van der Waals surface area (Å²) in [5, 5.41) is 6.64. The number of hydrogen-bond acceptors (Lipinski definition) is 5. The Bertz CT molecular complexity index is 319. The molecular formula is C10H16N4O.